The number of thiol groups is 1. The van der Waals surface area contributed by atoms with Gasteiger partial charge < -0.3 is 4.74 Å². The summed E-state index contributed by atoms with van der Waals surface area (Å²) in [6, 6.07) is 0. The third-order valence-electron chi connectivity index (χ3n) is 4.20. The van der Waals surface area contributed by atoms with Gasteiger partial charge in [0.1, 0.15) is 0 Å². The first-order valence-corrected chi connectivity index (χ1v) is 7.59. The van der Waals surface area contributed by atoms with E-state index in [-0.39, 0.29) is 5.60 Å². The topological polar surface area (TPSA) is 12.5 Å². The predicted molar refractivity (Wildman–Crippen MR) is 75.8 cm³/mol. The fraction of sp³-hybridized carbons (Fsp3) is 1.00. The van der Waals surface area contributed by atoms with Crippen molar-refractivity contribution >= 4 is 12.6 Å². The summed E-state index contributed by atoms with van der Waals surface area (Å²) < 4.78 is 5.97. The van der Waals surface area contributed by atoms with E-state index in [0.717, 1.165) is 18.8 Å². The first kappa shape index (κ1) is 13.7. The maximum Gasteiger partial charge on any atom is 0.0757 e. The molecule has 2 rings (SSSR count). The Labute approximate surface area is 112 Å². The second-order valence-electron chi connectivity index (χ2n) is 6.72. The van der Waals surface area contributed by atoms with E-state index in [1.54, 1.807) is 0 Å². The van der Waals surface area contributed by atoms with Crippen molar-refractivity contribution in [3.05, 3.63) is 0 Å². The van der Waals surface area contributed by atoms with Crippen molar-refractivity contribution in [3.63, 3.8) is 0 Å². The molecule has 1 saturated carbocycles. The fourth-order valence-electron chi connectivity index (χ4n) is 3.67. The number of morpholine rings is 1. The molecular formula is C14H27NOS. The minimum atomic E-state index is 0.00800. The molecule has 1 unspecified atom stereocenters. The fourth-order valence-corrected chi connectivity index (χ4v) is 4.09. The third kappa shape index (κ3) is 3.39. The minimum Gasteiger partial charge on any atom is -0.370 e. The zero-order valence-electron chi connectivity index (χ0n) is 11.5. The van der Waals surface area contributed by atoms with Crippen LogP contribution in [0, 0.1) is 5.41 Å². The quantitative estimate of drug-likeness (QED) is 0.780. The Kier molecular flexibility index (Phi) is 4.11. The minimum absolute atomic E-state index is 0.00800. The van der Waals surface area contributed by atoms with Crippen LogP contribution in [0.25, 0.3) is 0 Å². The normalized spacial score (nSPS) is 32.8. The molecule has 0 bridgehead atoms. The van der Waals surface area contributed by atoms with Gasteiger partial charge in [-0.3, -0.25) is 4.90 Å². The molecule has 17 heavy (non-hydrogen) atoms. The van der Waals surface area contributed by atoms with Gasteiger partial charge in [-0.15, -0.1) is 0 Å². The third-order valence-corrected chi connectivity index (χ3v) is 4.87. The van der Waals surface area contributed by atoms with Crippen LogP contribution in [0.4, 0.5) is 0 Å². The molecule has 1 aliphatic heterocycles. The smallest absolute Gasteiger partial charge is 0.0757 e. The lowest BCUT2D eigenvalue weighted by Crippen LogP contribution is -2.54. The highest BCUT2D eigenvalue weighted by molar-refractivity contribution is 7.80. The average molecular weight is 257 g/mol. The van der Waals surface area contributed by atoms with Gasteiger partial charge in [0.25, 0.3) is 0 Å². The lowest BCUT2D eigenvalue weighted by atomic mass is 9.87. The maximum absolute atomic E-state index is 5.97. The van der Waals surface area contributed by atoms with Gasteiger partial charge in [0.15, 0.2) is 0 Å². The Balaban J connectivity index is 1.97. The SMILES string of the molecule is CC1CN(CC2(CS)CCCC2)CC(C)(C)O1. The molecule has 0 aromatic carbocycles. The Hall–Kier alpha value is 0.270. The molecular weight excluding hydrogens is 230 g/mol. The summed E-state index contributed by atoms with van der Waals surface area (Å²) in [6.45, 7) is 9.96. The average Bonchev–Trinajstić information content (AvgIpc) is 2.63. The maximum atomic E-state index is 5.97. The molecule has 0 aromatic heterocycles. The lowest BCUT2D eigenvalue weighted by Gasteiger charge is -2.45. The molecule has 0 radical (unpaired) electrons. The van der Waals surface area contributed by atoms with E-state index < -0.39 is 0 Å². The summed E-state index contributed by atoms with van der Waals surface area (Å²) in [5, 5.41) is 0. The van der Waals surface area contributed by atoms with Crippen molar-refractivity contribution in [3.8, 4) is 0 Å². The van der Waals surface area contributed by atoms with Crippen LogP contribution in [-0.4, -0.2) is 42.0 Å². The van der Waals surface area contributed by atoms with Crippen LogP contribution >= 0.6 is 12.6 Å². The van der Waals surface area contributed by atoms with Crippen LogP contribution in [0.3, 0.4) is 0 Å². The van der Waals surface area contributed by atoms with E-state index in [0.29, 0.717) is 11.5 Å². The molecule has 2 fully saturated rings. The zero-order valence-corrected chi connectivity index (χ0v) is 12.4. The van der Waals surface area contributed by atoms with Gasteiger partial charge in [0.2, 0.25) is 0 Å². The van der Waals surface area contributed by atoms with Gasteiger partial charge in [-0.05, 0) is 44.8 Å². The predicted octanol–water partition coefficient (Wildman–Crippen LogP) is 2.98. The second kappa shape index (κ2) is 5.10. The van der Waals surface area contributed by atoms with E-state index in [1.165, 1.54) is 32.2 Å². The van der Waals surface area contributed by atoms with Gasteiger partial charge in [-0.2, -0.15) is 12.6 Å². The molecule has 0 aromatic rings. The zero-order chi connectivity index (χ0) is 12.5. The molecule has 2 nitrogen and oxygen atoms in total. The van der Waals surface area contributed by atoms with E-state index in [4.69, 9.17) is 4.74 Å². The van der Waals surface area contributed by atoms with E-state index >= 15 is 0 Å². The summed E-state index contributed by atoms with van der Waals surface area (Å²) in [5.41, 5.74) is 0.490. The van der Waals surface area contributed by atoms with Crippen LogP contribution < -0.4 is 0 Å². The van der Waals surface area contributed by atoms with Gasteiger partial charge >= 0.3 is 0 Å². The van der Waals surface area contributed by atoms with Gasteiger partial charge in [-0.25, -0.2) is 0 Å². The molecule has 3 heteroatoms. The largest absolute Gasteiger partial charge is 0.370 e. The second-order valence-corrected chi connectivity index (χ2v) is 7.04. The highest BCUT2D eigenvalue weighted by Gasteiger charge is 2.38. The number of hydrogen-bond acceptors (Lipinski definition) is 3. The van der Waals surface area contributed by atoms with Crippen molar-refractivity contribution < 1.29 is 4.74 Å². The molecule has 100 valence electrons. The van der Waals surface area contributed by atoms with Crippen LogP contribution in [0.1, 0.15) is 46.5 Å². The molecule has 1 atom stereocenters. The summed E-state index contributed by atoms with van der Waals surface area (Å²) in [7, 11) is 0. The lowest BCUT2D eigenvalue weighted by molar-refractivity contribution is -0.134. The standard InChI is InChI=1S/C14H27NOS/c1-12-8-15(9-13(2,3)16-12)10-14(11-17)6-4-5-7-14/h12,17H,4-11H2,1-3H3. The van der Waals surface area contributed by atoms with Crippen LogP contribution in [0.15, 0.2) is 0 Å². The van der Waals surface area contributed by atoms with Crippen molar-refractivity contribution in [1.82, 2.24) is 4.90 Å². The highest BCUT2D eigenvalue weighted by atomic mass is 32.1. The Bertz CT molecular complexity index is 261. The highest BCUT2D eigenvalue weighted by Crippen LogP contribution is 2.40. The molecule has 0 amide bonds. The summed E-state index contributed by atoms with van der Waals surface area (Å²) in [5.74, 6) is 1.04. The molecule has 0 N–H and O–H groups in total. The molecule has 0 spiro atoms. The van der Waals surface area contributed by atoms with Crippen LogP contribution in [0.5, 0.6) is 0 Å². The number of hydrogen-bond donors (Lipinski definition) is 1. The first-order chi connectivity index (χ1) is 7.95. The molecule has 1 aliphatic carbocycles. The molecule has 1 saturated heterocycles. The van der Waals surface area contributed by atoms with Gasteiger partial charge in [0, 0.05) is 19.6 Å². The summed E-state index contributed by atoms with van der Waals surface area (Å²) in [4.78, 5) is 2.61. The van der Waals surface area contributed by atoms with Crippen LogP contribution in [-0.2, 0) is 4.74 Å². The summed E-state index contributed by atoms with van der Waals surface area (Å²) in [6.07, 6.45) is 5.87. The first-order valence-electron chi connectivity index (χ1n) is 6.96. The van der Waals surface area contributed by atoms with E-state index in [1.807, 2.05) is 0 Å². The van der Waals surface area contributed by atoms with Crippen molar-refractivity contribution in [1.29, 1.82) is 0 Å². The van der Waals surface area contributed by atoms with Crippen molar-refractivity contribution in [2.45, 2.75) is 58.2 Å². The Morgan fingerprint density at radius 3 is 2.47 bits per heavy atom. The van der Waals surface area contributed by atoms with Crippen molar-refractivity contribution in [2.75, 3.05) is 25.4 Å². The van der Waals surface area contributed by atoms with Gasteiger partial charge in [0.05, 0.1) is 11.7 Å². The number of ether oxygens (including phenoxy) is 1. The molecule has 1 heterocycles. The van der Waals surface area contributed by atoms with E-state index in [2.05, 4.69) is 38.3 Å². The van der Waals surface area contributed by atoms with Crippen molar-refractivity contribution in [2.24, 2.45) is 5.41 Å². The monoisotopic (exact) mass is 257 g/mol. The Morgan fingerprint density at radius 2 is 1.94 bits per heavy atom. The molecule has 2 aliphatic rings. The number of nitrogens with zero attached hydrogens (tertiary/aromatic N) is 1. The Morgan fingerprint density at radius 1 is 1.29 bits per heavy atom. The van der Waals surface area contributed by atoms with E-state index in [9.17, 15) is 0 Å². The summed E-state index contributed by atoms with van der Waals surface area (Å²) >= 11 is 4.61. The van der Waals surface area contributed by atoms with Gasteiger partial charge in [-0.1, -0.05) is 12.8 Å². The number of rotatable bonds is 3. The van der Waals surface area contributed by atoms with Crippen LogP contribution in [0.2, 0.25) is 0 Å².